The van der Waals surface area contributed by atoms with Crippen molar-refractivity contribution in [3.8, 4) is 0 Å². The molecule has 1 heterocycles. The summed E-state index contributed by atoms with van der Waals surface area (Å²) in [6.45, 7) is 5.08. The number of aromatic nitrogens is 3. The summed E-state index contributed by atoms with van der Waals surface area (Å²) in [5, 5.41) is 4.21. The molecule has 0 radical (unpaired) electrons. The number of rotatable bonds is 5. The molecule has 4 nitrogen and oxygen atoms in total. The highest BCUT2D eigenvalue weighted by Crippen LogP contribution is 2.35. The minimum atomic E-state index is 0.0513. The number of Topliss-reactive ketones (excluding diaryl/α,β-unsaturated/α-hetero) is 1. The standard InChI is InChI=1S/C16H19N3O/c1-11(2)9-19-16(17-10-18-19)8-15(20)14-7-12-5-3-4-6-13(12)14/h3-6,10-11,14H,7-9H2,1-2H3. The molecule has 0 amide bonds. The van der Waals surface area contributed by atoms with Gasteiger partial charge in [-0.05, 0) is 23.5 Å². The van der Waals surface area contributed by atoms with Crippen molar-refractivity contribution >= 4 is 5.78 Å². The zero-order chi connectivity index (χ0) is 14.1. The molecule has 1 aromatic heterocycles. The predicted molar refractivity (Wildman–Crippen MR) is 76.5 cm³/mol. The number of nitrogens with zero attached hydrogens (tertiary/aromatic N) is 3. The first-order valence-electron chi connectivity index (χ1n) is 7.12. The summed E-state index contributed by atoms with van der Waals surface area (Å²) in [5.41, 5.74) is 2.49. The van der Waals surface area contributed by atoms with Crippen LogP contribution in [0.2, 0.25) is 0 Å². The number of fused-ring (bicyclic) bond motifs is 1. The molecule has 20 heavy (non-hydrogen) atoms. The SMILES string of the molecule is CC(C)Cn1ncnc1CC(=O)C1Cc2ccccc21. The van der Waals surface area contributed by atoms with Crippen LogP contribution in [-0.4, -0.2) is 20.5 Å². The quantitative estimate of drug-likeness (QED) is 0.837. The van der Waals surface area contributed by atoms with Gasteiger partial charge in [-0.25, -0.2) is 9.67 Å². The Morgan fingerprint density at radius 2 is 2.20 bits per heavy atom. The second-order valence-electron chi connectivity index (χ2n) is 5.85. The third-order valence-corrected chi connectivity index (χ3v) is 3.81. The highest BCUT2D eigenvalue weighted by Gasteiger charge is 2.32. The van der Waals surface area contributed by atoms with E-state index in [1.807, 2.05) is 16.8 Å². The molecule has 1 atom stereocenters. The molecule has 0 bridgehead atoms. The van der Waals surface area contributed by atoms with E-state index in [0.717, 1.165) is 18.8 Å². The van der Waals surface area contributed by atoms with Crippen molar-refractivity contribution in [3.63, 3.8) is 0 Å². The third-order valence-electron chi connectivity index (χ3n) is 3.81. The van der Waals surface area contributed by atoms with E-state index in [1.54, 1.807) is 6.33 Å². The van der Waals surface area contributed by atoms with Gasteiger partial charge in [-0.3, -0.25) is 4.79 Å². The fraction of sp³-hybridized carbons (Fsp3) is 0.438. The molecule has 1 aliphatic carbocycles. The van der Waals surface area contributed by atoms with Gasteiger partial charge in [0.25, 0.3) is 0 Å². The fourth-order valence-electron chi connectivity index (χ4n) is 2.75. The second-order valence-corrected chi connectivity index (χ2v) is 5.85. The number of carbonyl (C=O) groups excluding carboxylic acids is 1. The summed E-state index contributed by atoms with van der Waals surface area (Å²) < 4.78 is 1.85. The van der Waals surface area contributed by atoms with Crippen molar-refractivity contribution in [3.05, 3.63) is 47.5 Å². The zero-order valence-electron chi connectivity index (χ0n) is 11.9. The van der Waals surface area contributed by atoms with Gasteiger partial charge in [0.1, 0.15) is 17.9 Å². The van der Waals surface area contributed by atoms with Gasteiger partial charge in [-0.15, -0.1) is 0 Å². The second kappa shape index (κ2) is 5.19. The van der Waals surface area contributed by atoms with Gasteiger partial charge in [0.05, 0.1) is 6.42 Å². The van der Waals surface area contributed by atoms with Crippen LogP contribution in [0.3, 0.4) is 0 Å². The fourth-order valence-corrected chi connectivity index (χ4v) is 2.75. The monoisotopic (exact) mass is 269 g/mol. The van der Waals surface area contributed by atoms with E-state index in [2.05, 4.69) is 36.1 Å². The van der Waals surface area contributed by atoms with Crippen LogP contribution in [-0.2, 0) is 24.2 Å². The van der Waals surface area contributed by atoms with E-state index >= 15 is 0 Å². The van der Waals surface area contributed by atoms with Crippen LogP contribution in [0.5, 0.6) is 0 Å². The Morgan fingerprint density at radius 1 is 1.40 bits per heavy atom. The first-order chi connectivity index (χ1) is 9.65. The minimum Gasteiger partial charge on any atom is -0.299 e. The van der Waals surface area contributed by atoms with Gasteiger partial charge in [-0.1, -0.05) is 38.1 Å². The molecule has 2 aromatic rings. The van der Waals surface area contributed by atoms with E-state index in [9.17, 15) is 4.79 Å². The number of hydrogen-bond donors (Lipinski definition) is 0. The van der Waals surface area contributed by atoms with Crippen LogP contribution in [0.1, 0.15) is 36.7 Å². The first kappa shape index (κ1) is 13.0. The molecule has 104 valence electrons. The summed E-state index contributed by atoms with van der Waals surface area (Å²) in [6.07, 6.45) is 2.79. The first-order valence-corrected chi connectivity index (χ1v) is 7.12. The van der Waals surface area contributed by atoms with Crippen LogP contribution in [0.4, 0.5) is 0 Å². The lowest BCUT2D eigenvalue weighted by Crippen LogP contribution is -2.27. The summed E-state index contributed by atoms with van der Waals surface area (Å²) in [5.74, 6) is 1.58. The highest BCUT2D eigenvalue weighted by atomic mass is 16.1. The van der Waals surface area contributed by atoms with Crippen molar-refractivity contribution in [1.82, 2.24) is 14.8 Å². The van der Waals surface area contributed by atoms with Crippen molar-refractivity contribution in [2.45, 2.75) is 39.2 Å². The van der Waals surface area contributed by atoms with Gasteiger partial charge in [0, 0.05) is 12.5 Å². The smallest absolute Gasteiger partial charge is 0.148 e. The molecule has 1 aliphatic rings. The van der Waals surface area contributed by atoms with Crippen molar-refractivity contribution < 1.29 is 4.79 Å². The normalized spacial score (nSPS) is 16.9. The molecular weight excluding hydrogens is 250 g/mol. The molecule has 0 N–H and O–H groups in total. The van der Waals surface area contributed by atoms with Crippen LogP contribution < -0.4 is 0 Å². The van der Waals surface area contributed by atoms with Gasteiger partial charge < -0.3 is 0 Å². The molecule has 1 unspecified atom stereocenters. The Morgan fingerprint density at radius 3 is 2.95 bits per heavy atom. The molecule has 0 saturated heterocycles. The average molecular weight is 269 g/mol. The molecule has 0 saturated carbocycles. The lowest BCUT2D eigenvalue weighted by Gasteiger charge is -2.28. The van der Waals surface area contributed by atoms with Crippen LogP contribution in [0.15, 0.2) is 30.6 Å². The lowest BCUT2D eigenvalue weighted by atomic mass is 9.74. The van der Waals surface area contributed by atoms with Gasteiger partial charge in [0.2, 0.25) is 0 Å². The van der Waals surface area contributed by atoms with Gasteiger partial charge >= 0.3 is 0 Å². The Kier molecular flexibility index (Phi) is 3.38. The van der Waals surface area contributed by atoms with E-state index in [4.69, 9.17) is 0 Å². The van der Waals surface area contributed by atoms with Crippen molar-refractivity contribution in [2.24, 2.45) is 5.92 Å². The van der Waals surface area contributed by atoms with Crippen LogP contribution >= 0.6 is 0 Å². The topological polar surface area (TPSA) is 47.8 Å². The third kappa shape index (κ3) is 2.38. The number of carbonyl (C=O) groups is 1. The van der Waals surface area contributed by atoms with Crippen LogP contribution in [0, 0.1) is 5.92 Å². The molecule has 0 fully saturated rings. The highest BCUT2D eigenvalue weighted by molar-refractivity contribution is 5.89. The molecule has 4 heteroatoms. The van der Waals surface area contributed by atoms with Crippen LogP contribution in [0.25, 0.3) is 0 Å². The molecule has 0 spiro atoms. The van der Waals surface area contributed by atoms with Crippen molar-refractivity contribution in [1.29, 1.82) is 0 Å². The van der Waals surface area contributed by atoms with Gasteiger partial charge in [0.15, 0.2) is 0 Å². The summed E-state index contributed by atoms with van der Waals surface area (Å²) >= 11 is 0. The molecule has 3 rings (SSSR count). The maximum atomic E-state index is 12.4. The molecule has 0 aliphatic heterocycles. The lowest BCUT2D eigenvalue weighted by molar-refractivity contribution is -0.120. The predicted octanol–water partition coefficient (Wildman–Crippen LogP) is 2.39. The number of benzene rings is 1. The Bertz CT molecular complexity index is 630. The average Bonchev–Trinajstić information content (AvgIpc) is 2.77. The number of hydrogen-bond acceptors (Lipinski definition) is 3. The summed E-state index contributed by atoms with van der Waals surface area (Å²) in [6, 6.07) is 8.18. The maximum absolute atomic E-state index is 12.4. The largest absolute Gasteiger partial charge is 0.299 e. The maximum Gasteiger partial charge on any atom is 0.148 e. The Labute approximate surface area is 118 Å². The minimum absolute atomic E-state index is 0.0513. The Balaban J connectivity index is 1.71. The Hall–Kier alpha value is -1.97. The van der Waals surface area contributed by atoms with Gasteiger partial charge in [-0.2, -0.15) is 5.10 Å². The zero-order valence-corrected chi connectivity index (χ0v) is 11.9. The van der Waals surface area contributed by atoms with E-state index in [0.29, 0.717) is 12.3 Å². The summed E-state index contributed by atoms with van der Waals surface area (Å²) in [4.78, 5) is 16.6. The van der Waals surface area contributed by atoms with Crippen molar-refractivity contribution in [2.75, 3.05) is 0 Å². The van der Waals surface area contributed by atoms with E-state index in [1.165, 1.54) is 11.1 Å². The molecular formula is C16H19N3O. The van der Waals surface area contributed by atoms with E-state index < -0.39 is 0 Å². The van der Waals surface area contributed by atoms with E-state index in [-0.39, 0.29) is 11.7 Å². The summed E-state index contributed by atoms with van der Waals surface area (Å²) in [7, 11) is 0. The molecule has 1 aromatic carbocycles. The number of ketones is 1.